The SMILES string of the molecule is COc1ccc(-n2c(C)c([N+](=O)[O-])c3cc(CN(C)C)c(O)cc32)cc1. The highest BCUT2D eigenvalue weighted by atomic mass is 16.6. The number of aromatic nitrogens is 1. The van der Waals surface area contributed by atoms with E-state index < -0.39 is 0 Å². The van der Waals surface area contributed by atoms with E-state index in [1.54, 1.807) is 42.9 Å². The van der Waals surface area contributed by atoms with Crippen LogP contribution in [0.5, 0.6) is 11.5 Å². The Morgan fingerprint density at radius 3 is 2.42 bits per heavy atom. The number of aromatic hydroxyl groups is 1. The summed E-state index contributed by atoms with van der Waals surface area (Å²) in [6.07, 6.45) is 0. The van der Waals surface area contributed by atoms with Crippen LogP contribution in [-0.4, -0.2) is 40.7 Å². The summed E-state index contributed by atoms with van der Waals surface area (Å²) >= 11 is 0. The zero-order valence-electron chi connectivity index (χ0n) is 15.2. The van der Waals surface area contributed by atoms with Gasteiger partial charge in [0, 0.05) is 23.9 Å². The molecule has 0 aliphatic carbocycles. The fourth-order valence-electron chi connectivity index (χ4n) is 3.24. The summed E-state index contributed by atoms with van der Waals surface area (Å²) in [4.78, 5) is 13.2. The lowest BCUT2D eigenvalue weighted by Gasteiger charge is -2.12. The van der Waals surface area contributed by atoms with Gasteiger partial charge < -0.3 is 19.3 Å². The number of benzene rings is 2. The molecular weight excluding hydrogens is 334 g/mol. The molecule has 0 radical (unpaired) electrons. The monoisotopic (exact) mass is 355 g/mol. The van der Waals surface area contributed by atoms with Gasteiger partial charge in [-0.25, -0.2) is 0 Å². The largest absolute Gasteiger partial charge is 0.508 e. The van der Waals surface area contributed by atoms with Crippen LogP contribution < -0.4 is 4.74 Å². The summed E-state index contributed by atoms with van der Waals surface area (Å²) in [6.45, 7) is 2.21. The Morgan fingerprint density at radius 1 is 1.23 bits per heavy atom. The number of nitro groups is 1. The van der Waals surface area contributed by atoms with Crippen molar-refractivity contribution in [3.8, 4) is 17.2 Å². The molecule has 0 saturated carbocycles. The number of hydrogen-bond acceptors (Lipinski definition) is 5. The van der Waals surface area contributed by atoms with Gasteiger partial charge in [-0.1, -0.05) is 0 Å². The molecule has 7 nitrogen and oxygen atoms in total. The molecule has 7 heteroatoms. The second kappa shape index (κ2) is 6.68. The molecule has 26 heavy (non-hydrogen) atoms. The van der Waals surface area contributed by atoms with Crippen LogP contribution in [0.1, 0.15) is 11.3 Å². The minimum absolute atomic E-state index is 0.0517. The number of hydrogen-bond donors (Lipinski definition) is 1. The molecule has 0 saturated heterocycles. The van der Waals surface area contributed by atoms with E-state index in [4.69, 9.17) is 4.74 Å². The van der Waals surface area contributed by atoms with Gasteiger partial charge in [0.1, 0.15) is 11.5 Å². The first-order chi connectivity index (χ1) is 12.3. The standard InChI is InChI=1S/C19H21N3O4/c1-12-19(22(24)25)16-9-13(11-20(2)3)18(23)10-17(16)21(12)14-5-7-15(26-4)8-6-14/h5-10,23H,11H2,1-4H3. The molecule has 0 amide bonds. The summed E-state index contributed by atoms with van der Waals surface area (Å²) < 4.78 is 6.96. The van der Waals surface area contributed by atoms with Gasteiger partial charge in [-0.3, -0.25) is 10.1 Å². The van der Waals surface area contributed by atoms with Gasteiger partial charge in [0.05, 0.1) is 28.6 Å². The Labute approximate surface area is 151 Å². The lowest BCUT2D eigenvalue weighted by molar-refractivity contribution is -0.383. The van der Waals surface area contributed by atoms with Crippen molar-refractivity contribution < 1.29 is 14.8 Å². The van der Waals surface area contributed by atoms with Crippen LogP contribution in [0.2, 0.25) is 0 Å². The van der Waals surface area contributed by atoms with Crippen molar-refractivity contribution in [2.75, 3.05) is 21.2 Å². The van der Waals surface area contributed by atoms with Crippen molar-refractivity contribution >= 4 is 16.6 Å². The van der Waals surface area contributed by atoms with Gasteiger partial charge in [-0.2, -0.15) is 0 Å². The fourth-order valence-corrected chi connectivity index (χ4v) is 3.24. The quantitative estimate of drug-likeness (QED) is 0.558. The highest BCUT2D eigenvalue weighted by Gasteiger charge is 2.25. The van der Waals surface area contributed by atoms with E-state index in [2.05, 4.69) is 0 Å². The first-order valence-electron chi connectivity index (χ1n) is 8.14. The summed E-state index contributed by atoms with van der Waals surface area (Å²) in [5, 5.41) is 22.6. The molecule has 0 unspecified atom stereocenters. The predicted molar refractivity (Wildman–Crippen MR) is 100 cm³/mol. The lowest BCUT2D eigenvalue weighted by atomic mass is 10.1. The van der Waals surface area contributed by atoms with Gasteiger partial charge >= 0.3 is 0 Å². The Balaban J connectivity index is 2.30. The molecule has 0 aliphatic rings. The Kier molecular flexibility index (Phi) is 4.56. The Morgan fingerprint density at radius 2 is 1.88 bits per heavy atom. The first-order valence-corrected chi connectivity index (χ1v) is 8.14. The molecule has 0 aliphatic heterocycles. The minimum Gasteiger partial charge on any atom is -0.508 e. The van der Waals surface area contributed by atoms with Crippen LogP contribution in [0.4, 0.5) is 5.69 Å². The topological polar surface area (TPSA) is 80.8 Å². The number of phenols is 1. The van der Waals surface area contributed by atoms with Crippen LogP contribution >= 0.6 is 0 Å². The van der Waals surface area contributed by atoms with Crippen molar-refractivity contribution in [1.29, 1.82) is 0 Å². The third kappa shape index (κ3) is 2.97. The van der Waals surface area contributed by atoms with E-state index in [0.29, 0.717) is 34.5 Å². The molecule has 0 fully saturated rings. The number of ether oxygens (including phenoxy) is 1. The van der Waals surface area contributed by atoms with Gasteiger partial charge in [-0.05, 0) is 51.4 Å². The van der Waals surface area contributed by atoms with E-state index in [9.17, 15) is 15.2 Å². The Bertz CT molecular complexity index is 975. The van der Waals surface area contributed by atoms with Gasteiger partial charge in [0.15, 0.2) is 0 Å². The predicted octanol–water partition coefficient (Wildman–Crippen LogP) is 3.62. The molecule has 0 bridgehead atoms. The minimum atomic E-state index is -0.367. The molecule has 1 aromatic heterocycles. The molecule has 1 N–H and O–H groups in total. The van der Waals surface area contributed by atoms with Gasteiger partial charge in [0.25, 0.3) is 5.69 Å². The third-order valence-corrected chi connectivity index (χ3v) is 4.37. The van der Waals surface area contributed by atoms with Crippen molar-refractivity contribution in [3.05, 3.63) is 57.8 Å². The molecule has 3 aromatic rings. The maximum Gasteiger partial charge on any atom is 0.298 e. The smallest absolute Gasteiger partial charge is 0.298 e. The molecule has 1 heterocycles. The van der Waals surface area contributed by atoms with Crippen LogP contribution in [0.15, 0.2) is 36.4 Å². The summed E-state index contributed by atoms with van der Waals surface area (Å²) in [7, 11) is 5.35. The molecule has 3 rings (SSSR count). The van der Waals surface area contributed by atoms with Crippen LogP contribution in [0, 0.1) is 17.0 Å². The maximum atomic E-state index is 11.7. The number of rotatable bonds is 5. The van der Waals surface area contributed by atoms with E-state index in [1.807, 2.05) is 31.1 Å². The van der Waals surface area contributed by atoms with Crippen molar-refractivity contribution in [3.63, 3.8) is 0 Å². The van der Waals surface area contributed by atoms with E-state index >= 15 is 0 Å². The molecule has 0 atom stereocenters. The fraction of sp³-hybridized carbons (Fsp3) is 0.263. The van der Waals surface area contributed by atoms with Crippen LogP contribution in [0.25, 0.3) is 16.6 Å². The van der Waals surface area contributed by atoms with Crippen molar-refractivity contribution in [2.45, 2.75) is 13.5 Å². The average Bonchev–Trinajstić information content (AvgIpc) is 2.86. The molecule has 2 aromatic carbocycles. The number of phenolic OH excluding ortho intramolecular Hbond substituents is 1. The normalized spacial score (nSPS) is 11.3. The first kappa shape index (κ1) is 17.8. The second-order valence-corrected chi connectivity index (χ2v) is 6.46. The number of methoxy groups -OCH3 is 1. The summed E-state index contributed by atoms with van der Waals surface area (Å²) in [5.41, 5.74) is 2.57. The van der Waals surface area contributed by atoms with Crippen LogP contribution in [0.3, 0.4) is 0 Å². The van der Waals surface area contributed by atoms with E-state index in [1.165, 1.54) is 0 Å². The Hall–Kier alpha value is -3.06. The summed E-state index contributed by atoms with van der Waals surface area (Å²) in [6, 6.07) is 10.6. The third-order valence-electron chi connectivity index (χ3n) is 4.37. The second-order valence-electron chi connectivity index (χ2n) is 6.46. The van der Waals surface area contributed by atoms with E-state index in [-0.39, 0.29) is 16.4 Å². The highest BCUT2D eigenvalue weighted by Crippen LogP contribution is 2.38. The number of fused-ring (bicyclic) bond motifs is 1. The lowest BCUT2D eigenvalue weighted by Crippen LogP contribution is -2.10. The molecule has 0 spiro atoms. The number of nitrogens with zero attached hydrogens (tertiary/aromatic N) is 3. The van der Waals surface area contributed by atoms with Crippen LogP contribution in [-0.2, 0) is 6.54 Å². The van der Waals surface area contributed by atoms with Crippen molar-refractivity contribution in [1.82, 2.24) is 9.47 Å². The van der Waals surface area contributed by atoms with Crippen molar-refractivity contribution in [2.24, 2.45) is 0 Å². The van der Waals surface area contributed by atoms with E-state index in [0.717, 1.165) is 5.69 Å². The molecular formula is C19H21N3O4. The zero-order chi connectivity index (χ0) is 19.0. The highest BCUT2D eigenvalue weighted by molar-refractivity contribution is 5.94. The average molecular weight is 355 g/mol. The van der Waals surface area contributed by atoms with Gasteiger partial charge in [0.2, 0.25) is 0 Å². The molecule has 136 valence electrons. The maximum absolute atomic E-state index is 11.7. The zero-order valence-corrected chi connectivity index (χ0v) is 15.2. The van der Waals surface area contributed by atoms with Gasteiger partial charge in [-0.15, -0.1) is 0 Å². The summed E-state index contributed by atoms with van der Waals surface area (Å²) in [5.74, 6) is 0.821.